The normalized spacial score (nSPS) is 10.4. The van der Waals surface area contributed by atoms with Crippen molar-refractivity contribution in [2.24, 2.45) is 16.5 Å². The first kappa shape index (κ1) is 21.8. The van der Waals surface area contributed by atoms with Crippen molar-refractivity contribution >= 4 is 34.9 Å². The maximum atomic E-state index is 11.9. The Morgan fingerprint density at radius 2 is 1.97 bits per heavy atom. The second kappa shape index (κ2) is 9.76. The Kier molecular flexibility index (Phi) is 6.88. The van der Waals surface area contributed by atoms with Crippen LogP contribution in [0.25, 0.3) is 0 Å². The Labute approximate surface area is 182 Å². The molecule has 3 aromatic rings. The standard InChI is InChI=1S/C20H21N7O3S/c1-12-8-14(24-19(21)22)10-15(9-12)30-18-16(27(28)29)17(25-20(26-18)31-2)23-11-13-6-4-3-5-7-13/h3-10H,11H2,1-2H3,(H4,21,22,24)(H,23,25,26). The molecule has 11 heteroatoms. The minimum absolute atomic E-state index is 0.0697. The molecule has 0 atom stereocenters. The summed E-state index contributed by atoms with van der Waals surface area (Å²) < 4.78 is 5.81. The van der Waals surface area contributed by atoms with Gasteiger partial charge in [0, 0.05) is 12.6 Å². The number of aliphatic imine (C=N–C) groups is 1. The van der Waals surface area contributed by atoms with Crippen LogP contribution in [0.15, 0.2) is 58.7 Å². The van der Waals surface area contributed by atoms with Crippen LogP contribution < -0.4 is 21.5 Å². The van der Waals surface area contributed by atoms with Crippen molar-refractivity contribution in [1.82, 2.24) is 9.97 Å². The van der Waals surface area contributed by atoms with E-state index in [1.165, 1.54) is 11.8 Å². The van der Waals surface area contributed by atoms with E-state index in [9.17, 15) is 10.1 Å². The molecule has 0 amide bonds. The van der Waals surface area contributed by atoms with Crippen molar-refractivity contribution in [3.05, 3.63) is 69.8 Å². The van der Waals surface area contributed by atoms with Crippen molar-refractivity contribution in [2.75, 3.05) is 11.6 Å². The summed E-state index contributed by atoms with van der Waals surface area (Å²) in [4.78, 5) is 23.8. The molecular formula is C20H21N7O3S. The highest BCUT2D eigenvalue weighted by Gasteiger charge is 2.27. The number of hydrogen-bond acceptors (Lipinski definition) is 8. The maximum absolute atomic E-state index is 11.9. The van der Waals surface area contributed by atoms with Crippen molar-refractivity contribution in [3.63, 3.8) is 0 Å². The summed E-state index contributed by atoms with van der Waals surface area (Å²) in [6.45, 7) is 2.18. The van der Waals surface area contributed by atoms with Gasteiger partial charge in [0.15, 0.2) is 11.1 Å². The molecule has 0 aliphatic carbocycles. The van der Waals surface area contributed by atoms with Gasteiger partial charge in [-0.15, -0.1) is 0 Å². The van der Waals surface area contributed by atoms with Crippen molar-refractivity contribution < 1.29 is 9.66 Å². The van der Waals surface area contributed by atoms with Crippen LogP contribution >= 0.6 is 11.8 Å². The zero-order valence-corrected chi connectivity index (χ0v) is 17.7. The maximum Gasteiger partial charge on any atom is 0.373 e. The number of benzene rings is 2. The first-order valence-corrected chi connectivity index (χ1v) is 10.4. The number of anilines is 1. The van der Waals surface area contributed by atoms with Crippen LogP contribution in [-0.4, -0.2) is 27.1 Å². The van der Waals surface area contributed by atoms with Crippen molar-refractivity contribution in [1.29, 1.82) is 0 Å². The number of guanidine groups is 1. The van der Waals surface area contributed by atoms with Gasteiger partial charge in [0.25, 0.3) is 0 Å². The second-order valence-electron chi connectivity index (χ2n) is 6.45. The third-order valence-electron chi connectivity index (χ3n) is 4.01. The third-order valence-corrected chi connectivity index (χ3v) is 4.56. The number of nitrogens with zero attached hydrogens (tertiary/aromatic N) is 4. The van der Waals surface area contributed by atoms with E-state index in [0.717, 1.165) is 11.1 Å². The van der Waals surface area contributed by atoms with Crippen molar-refractivity contribution in [2.45, 2.75) is 18.6 Å². The number of aromatic nitrogens is 2. The number of nitro groups is 1. The SMILES string of the molecule is CSc1nc(NCc2ccccc2)c([N+](=O)[O-])c(Oc2cc(C)cc(N=C(N)N)c2)n1. The van der Waals surface area contributed by atoms with Gasteiger partial charge < -0.3 is 21.5 Å². The fourth-order valence-corrected chi connectivity index (χ4v) is 3.12. The van der Waals surface area contributed by atoms with Gasteiger partial charge in [0.2, 0.25) is 5.82 Å². The summed E-state index contributed by atoms with van der Waals surface area (Å²) in [5.74, 6) is 0.0889. The predicted molar refractivity (Wildman–Crippen MR) is 121 cm³/mol. The van der Waals surface area contributed by atoms with Crippen LogP contribution in [0, 0.1) is 17.0 Å². The molecule has 0 aliphatic rings. The number of rotatable bonds is 8. The Bertz CT molecular complexity index is 1120. The highest BCUT2D eigenvalue weighted by atomic mass is 32.2. The molecule has 0 saturated heterocycles. The van der Waals surface area contributed by atoms with E-state index in [-0.39, 0.29) is 23.3 Å². The van der Waals surface area contributed by atoms with Crippen LogP contribution in [0.3, 0.4) is 0 Å². The molecule has 0 spiro atoms. The number of thioether (sulfide) groups is 1. The van der Waals surface area contributed by atoms with Crippen LogP contribution in [0.2, 0.25) is 0 Å². The average molecular weight is 440 g/mol. The van der Waals surface area contributed by atoms with Gasteiger partial charge in [-0.3, -0.25) is 10.1 Å². The van der Waals surface area contributed by atoms with Gasteiger partial charge in [-0.05, 0) is 36.4 Å². The van der Waals surface area contributed by atoms with E-state index in [1.54, 1.807) is 24.5 Å². The van der Waals surface area contributed by atoms with Gasteiger partial charge in [-0.2, -0.15) is 9.97 Å². The summed E-state index contributed by atoms with van der Waals surface area (Å²) in [6, 6.07) is 14.5. The lowest BCUT2D eigenvalue weighted by Crippen LogP contribution is -2.21. The van der Waals surface area contributed by atoms with E-state index in [0.29, 0.717) is 23.1 Å². The van der Waals surface area contributed by atoms with E-state index >= 15 is 0 Å². The van der Waals surface area contributed by atoms with E-state index in [2.05, 4.69) is 20.3 Å². The zero-order chi connectivity index (χ0) is 22.4. The minimum Gasteiger partial charge on any atom is -0.433 e. The third kappa shape index (κ3) is 5.82. The summed E-state index contributed by atoms with van der Waals surface area (Å²) in [5.41, 5.74) is 12.7. The average Bonchev–Trinajstić information content (AvgIpc) is 2.71. The Morgan fingerprint density at radius 3 is 2.61 bits per heavy atom. The summed E-state index contributed by atoms with van der Waals surface area (Å²) in [6.07, 6.45) is 1.77. The van der Waals surface area contributed by atoms with Crippen LogP contribution in [-0.2, 0) is 6.54 Å². The smallest absolute Gasteiger partial charge is 0.373 e. The predicted octanol–water partition coefficient (Wildman–Crippen LogP) is 3.72. The molecule has 3 rings (SSSR count). The highest BCUT2D eigenvalue weighted by molar-refractivity contribution is 7.98. The number of aryl methyl sites for hydroxylation is 1. The summed E-state index contributed by atoms with van der Waals surface area (Å²) in [5, 5.41) is 15.2. The largest absolute Gasteiger partial charge is 0.433 e. The molecule has 0 fully saturated rings. The summed E-state index contributed by atoms with van der Waals surface area (Å²) in [7, 11) is 0. The van der Waals surface area contributed by atoms with Crippen molar-refractivity contribution in [3.8, 4) is 11.6 Å². The summed E-state index contributed by atoms with van der Waals surface area (Å²) >= 11 is 1.24. The fourth-order valence-electron chi connectivity index (χ4n) is 2.76. The lowest BCUT2D eigenvalue weighted by Gasteiger charge is -2.12. The van der Waals surface area contributed by atoms with Crippen LogP contribution in [0.4, 0.5) is 17.2 Å². The quantitative estimate of drug-likeness (QED) is 0.119. The van der Waals surface area contributed by atoms with E-state index in [4.69, 9.17) is 16.2 Å². The highest BCUT2D eigenvalue weighted by Crippen LogP contribution is 2.37. The Hall–Kier alpha value is -3.86. The van der Waals surface area contributed by atoms with E-state index < -0.39 is 4.92 Å². The van der Waals surface area contributed by atoms with Gasteiger partial charge in [-0.1, -0.05) is 42.1 Å². The molecule has 2 aromatic carbocycles. The Morgan fingerprint density at radius 1 is 1.23 bits per heavy atom. The molecule has 1 aromatic heterocycles. The number of nitrogens with one attached hydrogen (secondary N) is 1. The number of ether oxygens (including phenoxy) is 1. The first-order chi connectivity index (χ1) is 14.9. The molecule has 160 valence electrons. The minimum atomic E-state index is -0.570. The molecule has 0 bridgehead atoms. The lowest BCUT2D eigenvalue weighted by atomic mass is 10.2. The van der Waals surface area contributed by atoms with Crippen LogP contribution in [0.1, 0.15) is 11.1 Å². The van der Waals surface area contributed by atoms with Gasteiger partial charge in [0.05, 0.1) is 10.6 Å². The molecular weight excluding hydrogens is 418 g/mol. The topological polar surface area (TPSA) is 155 Å². The molecule has 10 nitrogen and oxygen atoms in total. The molecule has 31 heavy (non-hydrogen) atoms. The van der Waals surface area contributed by atoms with Gasteiger partial charge >= 0.3 is 11.6 Å². The Balaban J connectivity index is 2.00. The zero-order valence-electron chi connectivity index (χ0n) is 16.9. The monoisotopic (exact) mass is 439 g/mol. The molecule has 1 heterocycles. The molecule has 0 radical (unpaired) electrons. The molecule has 5 N–H and O–H groups in total. The van der Waals surface area contributed by atoms with Gasteiger partial charge in [-0.25, -0.2) is 4.99 Å². The number of hydrogen-bond donors (Lipinski definition) is 3. The van der Waals surface area contributed by atoms with E-state index in [1.807, 2.05) is 37.3 Å². The molecule has 0 unspecified atom stereocenters. The van der Waals surface area contributed by atoms with Crippen LogP contribution in [0.5, 0.6) is 11.6 Å². The molecule has 0 saturated carbocycles. The second-order valence-corrected chi connectivity index (χ2v) is 7.23. The number of nitrogens with two attached hydrogens (primary N) is 2. The fraction of sp³-hybridized carbons (Fsp3) is 0.150. The lowest BCUT2D eigenvalue weighted by molar-refractivity contribution is -0.385. The molecule has 0 aliphatic heterocycles. The van der Waals surface area contributed by atoms with Gasteiger partial charge in [0.1, 0.15) is 5.75 Å². The first-order valence-electron chi connectivity index (χ1n) is 9.13.